The molecule has 1 amide bonds. The SMILES string of the molecule is O=C(c1ccccc1)N1CCN(c2ccc(Cl)c(Cl)c2)CC1. The van der Waals surface area contributed by atoms with Crippen LogP contribution in [0.5, 0.6) is 0 Å². The first-order chi connectivity index (χ1) is 10.6. The summed E-state index contributed by atoms with van der Waals surface area (Å²) in [4.78, 5) is 16.5. The van der Waals surface area contributed by atoms with Crippen LogP contribution in [0.15, 0.2) is 48.5 Å². The zero-order valence-corrected chi connectivity index (χ0v) is 13.5. The molecule has 0 spiro atoms. The van der Waals surface area contributed by atoms with Gasteiger partial charge in [0, 0.05) is 37.4 Å². The third kappa shape index (κ3) is 3.21. The summed E-state index contributed by atoms with van der Waals surface area (Å²) in [5, 5.41) is 1.12. The van der Waals surface area contributed by atoms with Crippen LogP contribution in [0.4, 0.5) is 5.69 Å². The Hall–Kier alpha value is -1.71. The first-order valence-electron chi connectivity index (χ1n) is 7.19. The Morgan fingerprint density at radius 1 is 0.864 bits per heavy atom. The van der Waals surface area contributed by atoms with Crippen molar-refractivity contribution in [3.63, 3.8) is 0 Å². The van der Waals surface area contributed by atoms with Gasteiger partial charge in [0.2, 0.25) is 0 Å². The van der Waals surface area contributed by atoms with E-state index in [1.807, 2.05) is 47.4 Å². The maximum absolute atomic E-state index is 12.4. The van der Waals surface area contributed by atoms with Gasteiger partial charge in [-0.15, -0.1) is 0 Å². The average molecular weight is 335 g/mol. The maximum atomic E-state index is 12.4. The highest BCUT2D eigenvalue weighted by Gasteiger charge is 2.22. The van der Waals surface area contributed by atoms with Crippen molar-refractivity contribution in [2.75, 3.05) is 31.1 Å². The second-order valence-electron chi connectivity index (χ2n) is 5.24. The molecule has 1 aliphatic heterocycles. The van der Waals surface area contributed by atoms with Crippen LogP contribution in [0.1, 0.15) is 10.4 Å². The minimum Gasteiger partial charge on any atom is -0.368 e. The van der Waals surface area contributed by atoms with Crippen LogP contribution < -0.4 is 4.90 Å². The fraction of sp³-hybridized carbons (Fsp3) is 0.235. The summed E-state index contributed by atoms with van der Waals surface area (Å²) in [6.45, 7) is 2.98. The van der Waals surface area contributed by atoms with Gasteiger partial charge in [0.1, 0.15) is 0 Å². The predicted molar refractivity (Wildman–Crippen MR) is 91.0 cm³/mol. The molecule has 114 valence electrons. The lowest BCUT2D eigenvalue weighted by atomic mass is 10.1. The van der Waals surface area contributed by atoms with Gasteiger partial charge in [-0.05, 0) is 30.3 Å². The molecule has 0 unspecified atom stereocenters. The number of benzene rings is 2. The number of halogens is 2. The number of hydrogen-bond donors (Lipinski definition) is 0. The van der Waals surface area contributed by atoms with Gasteiger partial charge in [-0.2, -0.15) is 0 Å². The Labute approximate surface area is 140 Å². The highest BCUT2D eigenvalue weighted by atomic mass is 35.5. The molecule has 22 heavy (non-hydrogen) atoms. The molecule has 0 atom stereocenters. The molecule has 3 rings (SSSR count). The van der Waals surface area contributed by atoms with Crippen molar-refractivity contribution in [2.24, 2.45) is 0 Å². The summed E-state index contributed by atoms with van der Waals surface area (Å²) in [5.41, 5.74) is 1.78. The molecule has 1 saturated heterocycles. The lowest BCUT2D eigenvalue weighted by Gasteiger charge is -2.36. The quantitative estimate of drug-likeness (QED) is 0.829. The molecule has 1 fully saturated rings. The number of rotatable bonds is 2. The molecule has 1 heterocycles. The third-order valence-corrected chi connectivity index (χ3v) is 4.59. The molecule has 0 aliphatic carbocycles. The second-order valence-corrected chi connectivity index (χ2v) is 6.06. The number of amides is 1. The average Bonchev–Trinajstić information content (AvgIpc) is 2.58. The van der Waals surface area contributed by atoms with Crippen molar-refractivity contribution in [1.29, 1.82) is 0 Å². The molecule has 0 saturated carbocycles. The molecule has 2 aromatic rings. The van der Waals surface area contributed by atoms with E-state index in [0.717, 1.165) is 24.3 Å². The molecule has 1 aliphatic rings. The van der Waals surface area contributed by atoms with E-state index in [9.17, 15) is 4.79 Å². The number of nitrogens with zero attached hydrogens (tertiary/aromatic N) is 2. The summed E-state index contributed by atoms with van der Waals surface area (Å²) in [6.07, 6.45) is 0. The van der Waals surface area contributed by atoms with Crippen LogP contribution in [0.2, 0.25) is 10.0 Å². The summed E-state index contributed by atoms with van der Waals surface area (Å²) >= 11 is 12.0. The zero-order chi connectivity index (χ0) is 15.5. The van der Waals surface area contributed by atoms with E-state index in [4.69, 9.17) is 23.2 Å². The van der Waals surface area contributed by atoms with Crippen LogP contribution >= 0.6 is 23.2 Å². The van der Waals surface area contributed by atoms with E-state index in [1.54, 1.807) is 6.07 Å². The summed E-state index contributed by atoms with van der Waals surface area (Å²) in [7, 11) is 0. The van der Waals surface area contributed by atoms with E-state index >= 15 is 0 Å². The van der Waals surface area contributed by atoms with E-state index in [1.165, 1.54) is 0 Å². The third-order valence-electron chi connectivity index (χ3n) is 3.86. The highest BCUT2D eigenvalue weighted by Crippen LogP contribution is 2.27. The molecule has 0 N–H and O–H groups in total. The van der Waals surface area contributed by atoms with E-state index < -0.39 is 0 Å². The summed E-state index contributed by atoms with van der Waals surface area (Å²) < 4.78 is 0. The lowest BCUT2D eigenvalue weighted by Crippen LogP contribution is -2.48. The van der Waals surface area contributed by atoms with Gasteiger partial charge in [-0.1, -0.05) is 41.4 Å². The Morgan fingerprint density at radius 3 is 2.18 bits per heavy atom. The van der Waals surface area contributed by atoms with Gasteiger partial charge in [0.15, 0.2) is 0 Å². The first kappa shape index (κ1) is 15.2. The van der Waals surface area contributed by atoms with E-state index in [-0.39, 0.29) is 5.91 Å². The lowest BCUT2D eigenvalue weighted by molar-refractivity contribution is 0.0747. The Bertz CT molecular complexity index is 668. The van der Waals surface area contributed by atoms with Crippen molar-refractivity contribution in [3.05, 3.63) is 64.1 Å². The van der Waals surface area contributed by atoms with Gasteiger partial charge in [-0.25, -0.2) is 0 Å². The summed E-state index contributed by atoms with van der Waals surface area (Å²) in [6, 6.07) is 15.0. The minimum absolute atomic E-state index is 0.0920. The molecule has 0 aromatic heterocycles. The highest BCUT2D eigenvalue weighted by molar-refractivity contribution is 6.42. The fourth-order valence-corrected chi connectivity index (χ4v) is 2.91. The Kier molecular flexibility index (Phi) is 4.55. The zero-order valence-electron chi connectivity index (χ0n) is 12.0. The standard InChI is InChI=1S/C17H16Cl2N2O/c18-15-7-6-14(12-16(15)19)20-8-10-21(11-9-20)17(22)13-4-2-1-3-5-13/h1-7,12H,8-11H2. The number of anilines is 1. The molecule has 2 aromatic carbocycles. The van der Waals surface area contributed by atoms with E-state index in [0.29, 0.717) is 23.1 Å². The second kappa shape index (κ2) is 6.59. The van der Waals surface area contributed by atoms with Crippen LogP contribution in [-0.2, 0) is 0 Å². The van der Waals surface area contributed by atoms with Gasteiger partial charge >= 0.3 is 0 Å². The number of carbonyl (C=O) groups excluding carboxylic acids is 1. The predicted octanol–water partition coefficient (Wildman–Crippen LogP) is 3.96. The maximum Gasteiger partial charge on any atom is 0.253 e. The molecular formula is C17H16Cl2N2O. The number of hydrogen-bond acceptors (Lipinski definition) is 2. The van der Waals surface area contributed by atoms with Gasteiger partial charge < -0.3 is 9.80 Å². The van der Waals surface area contributed by atoms with Gasteiger partial charge in [-0.3, -0.25) is 4.79 Å². The Balaban J connectivity index is 1.65. The first-order valence-corrected chi connectivity index (χ1v) is 7.95. The normalized spacial score (nSPS) is 15.0. The molecule has 3 nitrogen and oxygen atoms in total. The van der Waals surface area contributed by atoms with Crippen molar-refractivity contribution in [2.45, 2.75) is 0 Å². The van der Waals surface area contributed by atoms with Crippen molar-refractivity contribution in [1.82, 2.24) is 4.90 Å². The Morgan fingerprint density at radius 2 is 1.55 bits per heavy atom. The largest absolute Gasteiger partial charge is 0.368 e. The van der Waals surface area contributed by atoms with Crippen molar-refractivity contribution >= 4 is 34.8 Å². The van der Waals surface area contributed by atoms with Gasteiger partial charge in [0.25, 0.3) is 5.91 Å². The van der Waals surface area contributed by atoms with Crippen LogP contribution in [-0.4, -0.2) is 37.0 Å². The van der Waals surface area contributed by atoms with Crippen molar-refractivity contribution < 1.29 is 4.79 Å². The van der Waals surface area contributed by atoms with Crippen LogP contribution in [0.25, 0.3) is 0 Å². The summed E-state index contributed by atoms with van der Waals surface area (Å²) in [5.74, 6) is 0.0920. The van der Waals surface area contributed by atoms with Crippen molar-refractivity contribution in [3.8, 4) is 0 Å². The minimum atomic E-state index is 0.0920. The number of piperazine rings is 1. The fourth-order valence-electron chi connectivity index (χ4n) is 2.61. The van der Waals surface area contributed by atoms with Gasteiger partial charge in [0.05, 0.1) is 10.0 Å². The van der Waals surface area contributed by atoms with Crippen LogP contribution in [0.3, 0.4) is 0 Å². The molecular weight excluding hydrogens is 319 g/mol. The van der Waals surface area contributed by atoms with Crippen LogP contribution in [0, 0.1) is 0 Å². The monoisotopic (exact) mass is 334 g/mol. The van der Waals surface area contributed by atoms with E-state index in [2.05, 4.69) is 4.90 Å². The smallest absolute Gasteiger partial charge is 0.253 e. The number of carbonyl (C=O) groups is 1. The topological polar surface area (TPSA) is 23.6 Å². The molecule has 5 heteroatoms. The molecule has 0 radical (unpaired) electrons. The molecule has 0 bridgehead atoms.